The average molecular weight is 212 g/mol. The monoisotopic (exact) mass is 212 g/mol. The van der Waals surface area contributed by atoms with Gasteiger partial charge in [0.25, 0.3) is 0 Å². The van der Waals surface area contributed by atoms with E-state index in [9.17, 15) is 5.21 Å². The third-order valence-corrected chi connectivity index (χ3v) is 1.97. The Labute approximate surface area is 93.4 Å². The van der Waals surface area contributed by atoms with Crippen LogP contribution in [0.4, 0.5) is 11.4 Å². The maximum Gasteiger partial charge on any atom is 0.0874 e. The van der Waals surface area contributed by atoms with Crippen LogP contribution < -0.4 is 5.17 Å². The Kier molecular flexibility index (Phi) is 3.25. The van der Waals surface area contributed by atoms with Crippen LogP contribution in [0.1, 0.15) is 0 Å². The molecule has 4 heteroatoms. The van der Waals surface area contributed by atoms with Crippen molar-refractivity contribution < 1.29 is 0 Å². The predicted octanol–water partition coefficient (Wildman–Crippen LogP) is 3.69. The molecule has 0 atom stereocenters. The van der Waals surface area contributed by atoms with Crippen LogP contribution in [0.5, 0.6) is 0 Å². The zero-order valence-corrected chi connectivity index (χ0v) is 8.52. The first-order valence-corrected chi connectivity index (χ1v) is 4.85. The molecule has 0 aliphatic carbocycles. The van der Waals surface area contributed by atoms with Gasteiger partial charge in [-0.15, -0.1) is 5.11 Å². The number of para-hydroxylation sites is 1. The second-order valence-corrected chi connectivity index (χ2v) is 3.13. The Bertz CT molecular complexity index is 456. The number of nitrogens with zero attached hydrogens (tertiary/aromatic N) is 3. The summed E-state index contributed by atoms with van der Waals surface area (Å²) in [6.07, 6.45) is 0. The molecule has 0 fully saturated rings. The third kappa shape index (κ3) is 2.65. The van der Waals surface area contributed by atoms with Crippen LogP contribution in [0, 0.1) is 5.21 Å². The normalized spacial score (nSPS) is 10.6. The minimum Gasteiger partial charge on any atom is -0.736 e. The molecule has 0 saturated carbocycles. The topological polar surface area (TPSA) is 51.0 Å². The Balaban J connectivity index is 2.08. The van der Waals surface area contributed by atoms with E-state index in [4.69, 9.17) is 0 Å². The number of hydrogen-bond acceptors (Lipinski definition) is 3. The van der Waals surface area contributed by atoms with Crippen molar-refractivity contribution in [3.8, 4) is 0 Å². The fourth-order valence-electron chi connectivity index (χ4n) is 1.19. The molecule has 0 unspecified atom stereocenters. The zero-order valence-electron chi connectivity index (χ0n) is 8.52. The SMILES string of the molecule is [O-]N(N=Nc1ccccc1)c1ccccc1. The van der Waals surface area contributed by atoms with E-state index in [0.29, 0.717) is 16.5 Å². The lowest BCUT2D eigenvalue weighted by Gasteiger charge is -2.21. The van der Waals surface area contributed by atoms with Gasteiger partial charge in [0.1, 0.15) is 0 Å². The van der Waals surface area contributed by atoms with E-state index >= 15 is 0 Å². The van der Waals surface area contributed by atoms with Crippen LogP contribution in [-0.4, -0.2) is 0 Å². The molecule has 0 saturated heterocycles. The maximum absolute atomic E-state index is 11.5. The van der Waals surface area contributed by atoms with Crippen molar-refractivity contribution in [1.82, 2.24) is 0 Å². The highest BCUT2D eigenvalue weighted by Crippen LogP contribution is 2.15. The molecular formula is C12H10N3O-. The van der Waals surface area contributed by atoms with E-state index < -0.39 is 0 Å². The molecule has 4 nitrogen and oxygen atoms in total. The Morgan fingerprint density at radius 1 is 0.812 bits per heavy atom. The van der Waals surface area contributed by atoms with E-state index in [0.717, 1.165) is 0 Å². The summed E-state index contributed by atoms with van der Waals surface area (Å²) in [5.41, 5.74) is 1.11. The van der Waals surface area contributed by atoms with Crippen molar-refractivity contribution in [2.45, 2.75) is 0 Å². The smallest absolute Gasteiger partial charge is 0.0874 e. The molecule has 0 spiro atoms. The van der Waals surface area contributed by atoms with Crippen molar-refractivity contribution in [1.29, 1.82) is 0 Å². The molecule has 0 amide bonds. The van der Waals surface area contributed by atoms with Gasteiger partial charge in [0.2, 0.25) is 0 Å². The van der Waals surface area contributed by atoms with Gasteiger partial charge >= 0.3 is 0 Å². The van der Waals surface area contributed by atoms with E-state index in [-0.39, 0.29) is 0 Å². The Hall–Kier alpha value is -2.20. The fraction of sp³-hybridized carbons (Fsp3) is 0. The molecule has 2 aromatic carbocycles. The molecular weight excluding hydrogens is 202 g/mol. The first-order chi connectivity index (χ1) is 7.86. The first kappa shape index (κ1) is 10.3. The highest BCUT2D eigenvalue weighted by molar-refractivity contribution is 5.45. The minimum absolute atomic E-state index is 0.460. The molecule has 0 heterocycles. The van der Waals surface area contributed by atoms with Gasteiger partial charge in [-0.1, -0.05) is 41.6 Å². The number of rotatable bonds is 3. The lowest BCUT2D eigenvalue weighted by molar-refractivity contribution is 0.971. The van der Waals surface area contributed by atoms with Crippen molar-refractivity contribution in [3.05, 3.63) is 65.9 Å². The summed E-state index contributed by atoms with van der Waals surface area (Å²) in [5, 5.41) is 19.4. The van der Waals surface area contributed by atoms with Crippen molar-refractivity contribution in [3.63, 3.8) is 0 Å². The number of benzene rings is 2. The minimum atomic E-state index is 0.460. The Morgan fingerprint density at radius 3 is 2.00 bits per heavy atom. The van der Waals surface area contributed by atoms with Crippen LogP contribution in [0.3, 0.4) is 0 Å². The van der Waals surface area contributed by atoms with Gasteiger partial charge in [-0.25, -0.2) is 0 Å². The summed E-state index contributed by atoms with van der Waals surface area (Å²) in [6.45, 7) is 0. The fourth-order valence-corrected chi connectivity index (χ4v) is 1.19. The van der Waals surface area contributed by atoms with Crippen LogP contribution in [0.15, 0.2) is 71.0 Å². The molecule has 0 aromatic heterocycles. The molecule has 0 N–H and O–H groups in total. The average Bonchev–Trinajstić information content (AvgIpc) is 2.38. The molecule has 0 aliphatic heterocycles. The van der Waals surface area contributed by atoms with Crippen LogP contribution in [-0.2, 0) is 0 Å². The molecule has 16 heavy (non-hydrogen) atoms. The third-order valence-electron chi connectivity index (χ3n) is 1.97. The molecule has 2 aromatic rings. The second kappa shape index (κ2) is 5.04. The van der Waals surface area contributed by atoms with Crippen molar-refractivity contribution >= 4 is 11.4 Å². The lowest BCUT2D eigenvalue weighted by Crippen LogP contribution is -2.03. The highest BCUT2D eigenvalue weighted by Gasteiger charge is 1.90. The van der Waals surface area contributed by atoms with Gasteiger partial charge in [-0.3, -0.25) is 0 Å². The summed E-state index contributed by atoms with van der Waals surface area (Å²) in [6, 6.07) is 17.9. The van der Waals surface area contributed by atoms with Crippen LogP contribution in [0.2, 0.25) is 0 Å². The molecule has 80 valence electrons. The van der Waals surface area contributed by atoms with Gasteiger partial charge in [0.05, 0.1) is 5.69 Å². The summed E-state index contributed by atoms with van der Waals surface area (Å²) in [5.74, 6) is 0. The molecule has 2 rings (SSSR count). The van der Waals surface area contributed by atoms with Gasteiger partial charge in [0, 0.05) is 5.69 Å². The van der Waals surface area contributed by atoms with Crippen LogP contribution >= 0.6 is 0 Å². The van der Waals surface area contributed by atoms with E-state index in [1.807, 2.05) is 24.3 Å². The summed E-state index contributed by atoms with van der Waals surface area (Å²) in [7, 11) is 0. The zero-order chi connectivity index (χ0) is 11.2. The largest absolute Gasteiger partial charge is 0.736 e. The van der Waals surface area contributed by atoms with Gasteiger partial charge in [-0.05, 0) is 24.3 Å². The number of anilines is 1. The lowest BCUT2D eigenvalue weighted by atomic mass is 10.3. The summed E-state index contributed by atoms with van der Waals surface area (Å²) < 4.78 is 0. The van der Waals surface area contributed by atoms with Crippen LogP contribution in [0.25, 0.3) is 0 Å². The van der Waals surface area contributed by atoms with E-state index in [1.54, 1.807) is 36.4 Å². The Morgan fingerprint density at radius 2 is 1.38 bits per heavy atom. The second-order valence-electron chi connectivity index (χ2n) is 3.13. The highest BCUT2D eigenvalue weighted by atomic mass is 16.5. The van der Waals surface area contributed by atoms with Gasteiger partial charge in [0.15, 0.2) is 0 Å². The molecule has 0 aliphatic rings. The molecule has 0 radical (unpaired) electrons. The first-order valence-electron chi connectivity index (χ1n) is 4.85. The van der Waals surface area contributed by atoms with Crippen molar-refractivity contribution in [2.24, 2.45) is 10.3 Å². The van der Waals surface area contributed by atoms with E-state index in [1.165, 1.54) is 0 Å². The van der Waals surface area contributed by atoms with Gasteiger partial charge < -0.3 is 10.4 Å². The van der Waals surface area contributed by atoms with E-state index in [2.05, 4.69) is 10.3 Å². The standard InChI is InChI=1S/C12H10N3O/c16-15(12-9-5-2-6-10-12)14-13-11-7-3-1-4-8-11/h1-10H/q-1. The summed E-state index contributed by atoms with van der Waals surface area (Å²) >= 11 is 0. The number of hydrogen-bond donors (Lipinski definition) is 0. The van der Waals surface area contributed by atoms with Crippen molar-refractivity contribution in [2.75, 3.05) is 5.17 Å². The van der Waals surface area contributed by atoms with Gasteiger partial charge in [-0.2, -0.15) is 0 Å². The summed E-state index contributed by atoms with van der Waals surface area (Å²) in [4.78, 5) is 0. The quantitative estimate of drug-likeness (QED) is 0.575. The predicted molar refractivity (Wildman–Crippen MR) is 63.2 cm³/mol. The maximum atomic E-state index is 11.5. The molecule has 0 bridgehead atoms.